The van der Waals surface area contributed by atoms with Crippen LogP contribution in [0.1, 0.15) is 0 Å². The highest BCUT2D eigenvalue weighted by atomic mass is 35.5. The van der Waals surface area contributed by atoms with Crippen molar-refractivity contribution in [2.75, 3.05) is 40.2 Å². The van der Waals surface area contributed by atoms with Crippen LogP contribution in [0, 0.1) is 4.84 Å². The lowest BCUT2D eigenvalue weighted by atomic mass is 10.2. The van der Waals surface area contributed by atoms with Gasteiger partial charge in [-0.1, -0.05) is 23.7 Å². The van der Waals surface area contributed by atoms with E-state index in [4.69, 9.17) is 42.4 Å². The SMILES string of the molecule is COc1cc(-c2nn(CN(C)CC(=O)Nc3ccccc3Cl)c(=S)o2)cc(OC)c1OC. The van der Waals surface area contributed by atoms with E-state index < -0.39 is 0 Å². The highest BCUT2D eigenvalue weighted by Crippen LogP contribution is 2.40. The van der Waals surface area contributed by atoms with Crippen LogP contribution in [0.25, 0.3) is 11.5 Å². The maximum Gasteiger partial charge on any atom is 0.288 e. The molecule has 0 atom stereocenters. The molecule has 0 fully saturated rings. The van der Waals surface area contributed by atoms with E-state index in [0.717, 1.165) is 0 Å². The molecule has 1 N–H and O–H groups in total. The molecule has 0 saturated carbocycles. The normalized spacial score (nSPS) is 10.8. The second-order valence-corrected chi connectivity index (χ2v) is 7.53. The summed E-state index contributed by atoms with van der Waals surface area (Å²) in [5, 5.41) is 7.68. The Morgan fingerprint density at radius 1 is 1.19 bits per heavy atom. The third-order valence-corrected chi connectivity index (χ3v) is 5.08. The predicted octanol–water partition coefficient (Wildman–Crippen LogP) is 4.08. The number of aromatic nitrogens is 2. The Bertz CT molecular complexity index is 1140. The monoisotopic (exact) mass is 478 g/mol. The summed E-state index contributed by atoms with van der Waals surface area (Å²) in [6, 6.07) is 10.5. The standard InChI is InChI=1S/C21H23ClN4O5S/c1-25(11-18(27)23-15-8-6-5-7-14(15)22)12-26-21(32)31-20(24-26)13-9-16(28-2)19(30-4)17(10-13)29-3/h5-10H,11-12H2,1-4H3,(H,23,27). The van der Waals surface area contributed by atoms with Crippen LogP contribution in [0.2, 0.25) is 5.02 Å². The number of nitrogens with zero attached hydrogens (tertiary/aromatic N) is 3. The minimum Gasteiger partial charge on any atom is -0.493 e. The smallest absolute Gasteiger partial charge is 0.288 e. The van der Waals surface area contributed by atoms with E-state index in [1.165, 1.54) is 26.0 Å². The number of likely N-dealkylation sites (N-methyl/N-ethyl adjacent to an activating group) is 1. The van der Waals surface area contributed by atoms with Crippen molar-refractivity contribution in [3.63, 3.8) is 0 Å². The molecule has 0 spiro atoms. The van der Waals surface area contributed by atoms with Gasteiger partial charge in [0.2, 0.25) is 17.5 Å². The van der Waals surface area contributed by atoms with Gasteiger partial charge in [0.05, 0.1) is 45.3 Å². The van der Waals surface area contributed by atoms with Crippen molar-refractivity contribution >= 4 is 35.4 Å². The quantitative estimate of drug-likeness (QED) is 0.460. The number of hydrogen-bond donors (Lipinski definition) is 1. The fraction of sp³-hybridized carbons (Fsp3) is 0.286. The molecule has 0 aliphatic rings. The summed E-state index contributed by atoms with van der Waals surface area (Å²) >= 11 is 11.4. The van der Waals surface area contributed by atoms with E-state index in [-0.39, 0.29) is 29.8 Å². The molecule has 0 bridgehead atoms. The molecule has 1 aromatic heterocycles. The zero-order valence-corrected chi connectivity index (χ0v) is 19.6. The Balaban J connectivity index is 1.74. The minimum absolute atomic E-state index is 0.0966. The van der Waals surface area contributed by atoms with Gasteiger partial charge >= 0.3 is 0 Å². The maximum atomic E-state index is 12.3. The molecule has 0 saturated heterocycles. The molecular weight excluding hydrogens is 456 g/mol. The van der Waals surface area contributed by atoms with Gasteiger partial charge in [-0.3, -0.25) is 9.69 Å². The van der Waals surface area contributed by atoms with Crippen LogP contribution in [0.4, 0.5) is 5.69 Å². The van der Waals surface area contributed by atoms with Gasteiger partial charge in [-0.15, -0.1) is 5.10 Å². The van der Waals surface area contributed by atoms with Crippen molar-refractivity contribution in [3.8, 4) is 28.7 Å². The van der Waals surface area contributed by atoms with Crippen molar-refractivity contribution in [2.45, 2.75) is 6.67 Å². The molecule has 3 aromatic rings. The van der Waals surface area contributed by atoms with Crippen LogP contribution in [0.15, 0.2) is 40.8 Å². The molecule has 0 unspecified atom stereocenters. The first-order valence-corrected chi connectivity index (χ1v) is 10.3. The second kappa shape index (κ2) is 10.5. The highest BCUT2D eigenvalue weighted by Gasteiger charge is 2.18. The number of benzene rings is 2. The molecule has 170 valence electrons. The zero-order chi connectivity index (χ0) is 23.3. The number of carbonyl (C=O) groups excluding carboxylic acids is 1. The summed E-state index contributed by atoms with van der Waals surface area (Å²) < 4.78 is 23.2. The minimum atomic E-state index is -0.222. The van der Waals surface area contributed by atoms with E-state index in [0.29, 0.717) is 33.5 Å². The van der Waals surface area contributed by atoms with Crippen molar-refractivity contribution < 1.29 is 23.4 Å². The topological polar surface area (TPSA) is 91.0 Å². The van der Waals surface area contributed by atoms with E-state index in [2.05, 4.69) is 10.4 Å². The first kappa shape index (κ1) is 23.6. The number of nitrogens with one attached hydrogen (secondary N) is 1. The molecule has 0 aliphatic carbocycles. The molecule has 2 aromatic carbocycles. The summed E-state index contributed by atoms with van der Waals surface area (Å²) in [5.74, 6) is 1.45. The zero-order valence-electron chi connectivity index (χ0n) is 18.0. The second-order valence-electron chi connectivity index (χ2n) is 6.77. The Morgan fingerprint density at radius 3 is 2.44 bits per heavy atom. The number of ether oxygens (including phenoxy) is 3. The van der Waals surface area contributed by atoms with Gasteiger partial charge in [0, 0.05) is 5.56 Å². The lowest BCUT2D eigenvalue weighted by Gasteiger charge is -2.16. The van der Waals surface area contributed by atoms with Gasteiger partial charge in [0.25, 0.3) is 4.84 Å². The van der Waals surface area contributed by atoms with Crippen molar-refractivity contribution in [1.29, 1.82) is 0 Å². The van der Waals surface area contributed by atoms with Crippen molar-refractivity contribution in [1.82, 2.24) is 14.7 Å². The molecular formula is C21H23ClN4O5S. The molecule has 1 amide bonds. The van der Waals surface area contributed by atoms with Crippen molar-refractivity contribution in [2.24, 2.45) is 0 Å². The van der Waals surface area contributed by atoms with E-state index in [1.54, 1.807) is 48.3 Å². The molecule has 32 heavy (non-hydrogen) atoms. The number of halogens is 1. The number of rotatable bonds is 9. The highest BCUT2D eigenvalue weighted by molar-refractivity contribution is 7.71. The fourth-order valence-electron chi connectivity index (χ4n) is 2.99. The summed E-state index contributed by atoms with van der Waals surface area (Å²) in [5.41, 5.74) is 1.15. The van der Waals surface area contributed by atoms with Gasteiger partial charge in [0.1, 0.15) is 0 Å². The van der Waals surface area contributed by atoms with Gasteiger partial charge in [-0.05, 0) is 43.5 Å². The maximum absolute atomic E-state index is 12.3. The Hall–Kier alpha value is -3.08. The fourth-order valence-corrected chi connectivity index (χ4v) is 3.35. The number of methoxy groups -OCH3 is 3. The van der Waals surface area contributed by atoms with Crippen LogP contribution in [-0.2, 0) is 11.5 Å². The molecule has 9 nitrogen and oxygen atoms in total. The first-order valence-electron chi connectivity index (χ1n) is 9.47. The van der Waals surface area contributed by atoms with Gasteiger partial charge in [0.15, 0.2) is 11.5 Å². The predicted molar refractivity (Wildman–Crippen MR) is 123 cm³/mol. The Morgan fingerprint density at radius 2 is 1.84 bits per heavy atom. The van der Waals surface area contributed by atoms with Crippen LogP contribution in [0.3, 0.4) is 0 Å². The lowest BCUT2D eigenvalue weighted by molar-refractivity contribution is -0.117. The number of para-hydroxylation sites is 1. The molecule has 3 rings (SSSR count). The van der Waals surface area contributed by atoms with E-state index >= 15 is 0 Å². The lowest BCUT2D eigenvalue weighted by Crippen LogP contribution is -2.32. The van der Waals surface area contributed by atoms with Gasteiger partial charge in [-0.25, -0.2) is 4.68 Å². The van der Waals surface area contributed by atoms with E-state index in [1.807, 2.05) is 0 Å². The number of anilines is 1. The van der Waals surface area contributed by atoms with Crippen LogP contribution in [0.5, 0.6) is 17.2 Å². The average molecular weight is 479 g/mol. The number of amides is 1. The summed E-state index contributed by atoms with van der Waals surface area (Å²) in [6.45, 7) is 0.335. The Kier molecular flexibility index (Phi) is 7.73. The third kappa shape index (κ3) is 5.39. The summed E-state index contributed by atoms with van der Waals surface area (Å²) in [4.78, 5) is 14.2. The summed E-state index contributed by atoms with van der Waals surface area (Å²) in [7, 11) is 6.34. The molecule has 1 heterocycles. The first-order chi connectivity index (χ1) is 15.4. The molecule has 0 aliphatic heterocycles. The van der Waals surface area contributed by atoms with Gasteiger partial charge < -0.3 is 23.9 Å². The number of carbonyl (C=O) groups is 1. The van der Waals surface area contributed by atoms with Crippen molar-refractivity contribution in [3.05, 3.63) is 46.3 Å². The van der Waals surface area contributed by atoms with Crippen LogP contribution in [-0.4, -0.2) is 55.5 Å². The van der Waals surface area contributed by atoms with E-state index in [9.17, 15) is 4.79 Å². The Labute approximate surface area is 195 Å². The molecule has 0 radical (unpaired) electrons. The van der Waals surface area contributed by atoms with Gasteiger partial charge in [-0.2, -0.15) is 0 Å². The largest absolute Gasteiger partial charge is 0.493 e. The number of hydrogen-bond acceptors (Lipinski definition) is 8. The average Bonchev–Trinajstić information content (AvgIpc) is 3.14. The van der Waals surface area contributed by atoms with Crippen LogP contribution < -0.4 is 19.5 Å². The summed E-state index contributed by atoms with van der Waals surface area (Å²) in [6.07, 6.45) is 0. The third-order valence-electron chi connectivity index (χ3n) is 4.45. The van der Waals surface area contributed by atoms with Crippen LogP contribution >= 0.6 is 23.8 Å². The molecule has 11 heteroatoms.